The van der Waals surface area contributed by atoms with Crippen LogP contribution < -0.4 is 29.0 Å². The predicted octanol–water partition coefficient (Wildman–Crippen LogP) is 5.81. The van der Waals surface area contributed by atoms with E-state index in [1.807, 2.05) is 6.07 Å². The van der Waals surface area contributed by atoms with Crippen LogP contribution >= 0.6 is 0 Å². The number of anilines is 1. The van der Waals surface area contributed by atoms with Crippen LogP contribution in [0.2, 0.25) is 0 Å². The predicted molar refractivity (Wildman–Crippen MR) is 135 cm³/mol. The third-order valence-corrected chi connectivity index (χ3v) is 5.35. The largest absolute Gasteiger partial charge is 0.493 e. The summed E-state index contributed by atoms with van der Waals surface area (Å²) in [7, 11) is 6.26. The molecular weight excluding hydrogens is 464 g/mol. The van der Waals surface area contributed by atoms with Gasteiger partial charge < -0.3 is 28.4 Å². The molecule has 3 aromatic carbocycles. The van der Waals surface area contributed by atoms with Gasteiger partial charge in [-0.15, -0.1) is 0 Å². The van der Waals surface area contributed by atoms with E-state index in [0.717, 1.165) is 10.9 Å². The summed E-state index contributed by atoms with van der Waals surface area (Å²) in [5.41, 5.74) is 2.04. The van der Waals surface area contributed by atoms with Crippen molar-refractivity contribution in [1.29, 1.82) is 0 Å². The fourth-order valence-corrected chi connectivity index (χ4v) is 3.54. The topological polar surface area (TPSA) is 97.4 Å². The number of ether oxygens (including phenoxy) is 6. The monoisotopic (exact) mass is 490 g/mol. The molecule has 0 atom stereocenters. The highest BCUT2D eigenvalue weighted by Crippen LogP contribution is 2.37. The van der Waals surface area contributed by atoms with Crippen LogP contribution in [0.3, 0.4) is 0 Å². The van der Waals surface area contributed by atoms with Crippen LogP contribution in [0.1, 0.15) is 5.56 Å². The summed E-state index contributed by atoms with van der Waals surface area (Å²) >= 11 is 0. The molecular formula is C27H26N2O7. The molecule has 186 valence electrons. The van der Waals surface area contributed by atoms with Gasteiger partial charge in [0.05, 0.1) is 34.0 Å². The Hall–Kier alpha value is -4.66. The zero-order valence-corrected chi connectivity index (χ0v) is 20.4. The first-order valence-corrected chi connectivity index (χ1v) is 11.0. The maximum atomic E-state index is 12.2. The number of methoxy groups -OCH3 is 4. The fraction of sp³-hybridized carbons (Fsp3) is 0.185. The summed E-state index contributed by atoms with van der Waals surface area (Å²) in [6, 6.07) is 17.6. The number of hydrogen-bond acceptors (Lipinski definition) is 8. The lowest BCUT2D eigenvalue weighted by molar-refractivity contribution is 0.155. The molecule has 0 bridgehead atoms. The summed E-state index contributed by atoms with van der Waals surface area (Å²) in [5, 5.41) is 3.47. The fourth-order valence-electron chi connectivity index (χ4n) is 3.54. The molecule has 0 fully saturated rings. The number of hydrogen-bond donors (Lipinski definition) is 1. The quantitative estimate of drug-likeness (QED) is 0.314. The van der Waals surface area contributed by atoms with E-state index in [1.165, 1.54) is 0 Å². The third kappa shape index (κ3) is 5.52. The molecule has 1 N–H and O–H groups in total. The van der Waals surface area contributed by atoms with Crippen molar-refractivity contribution in [3.05, 3.63) is 72.4 Å². The molecule has 0 saturated carbocycles. The van der Waals surface area contributed by atoms with Gasteiger partial charge >= 0.3 is 6.09 Å². The zero-order chi connectivity index (χ0) is 25.5. The van der Waals surface area contributed by atoms with E-state index in [-0.39, 0.29) is 6.61 Å². The SMILES string of the molecule is COc1ccc(COC(=O)Nc2ccc(Oc3ccnc4cc(OC)c(OC)cc34)cc2)cc1OC. The number of aromatic nitrogens is 1. The number of fused-ring (bicyclic) bond motifs is 1. The first-order valence-electron chi connectivity index (χ1n) is 11.0. The van der Waals surface area contributed by atoms with Crippen molar-refractivity contribution in [3.63, 3.8) is 0 Å². The van der Waals surface area contributed by atoms with Gasteiger partial charge in [-0.05, 0) is 54.1 Å². The molecule has 4 rings (SSSR count). The van der Waals surface area contributed by atoms with Crippen LogP contribution in [0, 0.1) is 0 Å². The molecule has 9 heteroatoms. The minimum Gasteiger partial charge on any atom is -0.493 e. The smallest absolute Gasteiger partial charge is 0.411 e. The number of pyridine rings is 1. The average Bonchev–Trinajstić information content (AvgIpc) is 2.92. The van der Waals surface area contributed by atoms with E-state index in [0.29, 0.717) is 45.7 Å². The van der Waals surface area contributed by atoms with Gasteiger partial charge in [-0.1, -0.05) is 6.07 Å². The molecule has 0 unspecified atom stereocenters. The van der Waals surface area contributed by atoms with Crippen LogP contribution in [-0.2, 0) is 11.3 Å². The van der Waals surface area contributed by atoms with E-state index in [1.54, 1.807) is 89.2 Å². The second kappa shape index (κ2) is 11.2. The number of nitrogens with one attached hydrogen (secondary N) is 1. The molecule has 4 aromatic rings. The first-order chi connectivity index (χ1) is 17.5. The van der Waals surface area contributed by atoms with Gasteiger partial charge in [-0.25, -0.2) is 4.79 Å². The van der Waals surface area contributed by atoms with Crippen LogP contribution in [0.15, 0.2) is 66.9 Å². The minimum absolute atomic E-state index is 0.0801. The van der Waals surface area contributed by atoms with Gasteiger partial charge in [0, 0.05) is 23.3 Å². The van der Waals surface area contributed by atoms with Crippen molar-refractivity contribution in [2.45, 2.75) is 6.61 Å². The molecule has 0 saturated heterocycles. The molecule has 0 aliphatic heterocycles. The number of carbonyl (C=O) groups is 1. The molecule has 0 aliphatic carbocycles. The maximum absolute atomic E-state index is 12.2. The Kier molecular flexibility index (Phi) is 7.60. The van der Waals surface area contributed by atoms with E-state index in [2.05, 4.69) is 10.3 Å². The van der Waals surface area contributed by atoms with Crippen LogP contribution in [-0.4, -0.2) is 39.5 Å². The number of benzene rings is 3. The second-order valence-electron chi connectivity index (χ2n) is 7.55. The van der Waals surface area contributed by atoms with E-state index in [4.69, 9.17) is 28.4 Å². The second-order valence-corrected chi connectivity index (χ2v) is 7.55. The molecule has 9 nitrogen and oxygen atoms in total. The highest BCUT2D eigenvalue weighted by atomic mass is 16.5. The van der Waals surface area contributed by atoms with E-state index in [9.17, 15) is 4.79 Å². The summed E-state index contributed by atoms with van der Waals surface area (Å²) in [6.07, 6.45) is 1.08. The summed E-state index contributed by atoms with van der Waals surface area (Å²) in [5.74, 6) is 3.52. The Bertz CT molecular complexity index is 1360. The van der Waals surface area contributed by atoms with Gasteiger partial charge in [-0.3, -0.25) is 10.3 Å². The first kappa shape index (κ1) is 24.5. The van der Waals surface area contributed by atoms with Crippen LogP contribution in [0.25, 0.3) is 10.9 Å². The third-order valence-electron chi connectivity index (χ3n) is 5.35. The molecule has 36 heavy (non-hydrogen) atoms. The number of carbonyl (C=O) groups excluding carboxylic acids is 1. The molecule has 1 heterocycles. The Labute approximate surface area is 208 Å². The van der Waals surface area contributed by atoms with Crippen molar-refractivity contribution in [1.82, 2.24) is 4.98 Å². The Balaban J connectivity index is 1.39. The highest BCUT2D eigenvalue weighted by molar-refractivity contribution is 5.88. The Morgan fingerprint density at radius 3 is 2.11 bits per heavy atom. The van der Waals surface area contributed by atoms with E-state index >= 15 is 0 Å². The Morgan fingerprint density at radius 2 is 1.42 bits per heavy atom. The lowest BCUT2D eigenvalue weighted by Gasteiger charge is -2.13. The lowest BCUT2D eigenvalue weighted by atomic mass is 10.2. The molecule has 0 radical (unpaired) electrons. The average molecular weight is 491 g/mol. The normalized spacial score (nSPS) is 10.4. The van der Waals surface area contributed by atoms with Gasteiger partial charge in [-0.2, -0.15) is 0 Å². The number of rotatable bonds is 9. The van der Waals surface area contributed by atoms with Gasteiger partial charge in [0.15, 0.2) is 23.0 Å². The van der Waals surface area contributed by atoms with Crippen molar-refractivity contribution in [3.8, 4) is 34.5 Å². The highest BCUT2D eigenvalue weighted by Gasteiger charge is 2.12. The van der Waals surface area contributed by atoms with Gasteiger partial charge in [0.2, 0.25) is 0 Å². The van der Waals surface area contributed by atoms with Crippen molar-refractivity contribution >= 4 is 22.7 Å². The molecule has 0 aliphatic rings. The summed E-state index contributed by atoms with van der Waals surface area (Å²) < 4.78 is 32.6. The number of nitrogens with zero attached hydrogens (tertiary/aromatic N) is 1. The standard InChI is InChI=1S/C27H26N2O7/c1-31-23-10-5-17(13-24(23)32-2)16-35-27(30)29-18-6-8-19(9-7-18)36-22-11-12-28-21-15-26(34-4)25(33-3)14-20(21)22/h5-15H,16H2,1-4H3,(H,29,30). The molecule has 1 amide bonds. The van der Waals surface area contributed by atoms with Crippen LogP contribution in [0.5, 0.6) is 34.5 Å². The van der Waals surface area contributed by atoms with Gasteiger partial charge in [0.25, 0.3) is 0 Å². The van der Waals surface area contributed by atoms with Crippen molar-refractivity contribution in [2.75, 3.05) is 33.8 Å². The zero-order valence-electron chi connectivity index (χ0n) is 20.4. The molecule has 1 aromatic heterocycles. The van der Waals surface area contributed by atoms with E-state index < -0.39 is 6.09 Å². The number of amides is 1. The van der Waals surface area contributed by atoms with Gasteiger partial charge in [0.1, 0.15) is 18.1 Å². The Morgan fingerprint density at radius 1 is 0.750 bits per heavy atom. The lowest BCUT2D eigenvalue weighted by Crippen LogP contribution is -2.13. The summed E-state index contributed by atoms with van der Waals surface area (Å²) in [4.78, 5) is 16.6. The maximum Gasteiger partial charge on any atom is 0.411 e. The van der Waals surface area contributed by atoms with Crippen molar-refractivity contribution in [2.24, 2.45) is 0 Å². The summed E-state index contributed by atoms with van der Waals surface area (Å²) in [6.45, 7) is 0.0801. The minimum atomic E-state index is -0.584. The van der Waals surface area contributed by atoms with Crippen LogP contribution in [0.4, 0.5) is 10.5 Å². The van der Waals surface area contributed by atoms with Crippen molar-refractivity contribution < 1.29 is 33.2 Å². The molecule has 0 spiro atoms.